The molecule has 1 atom stereocenters. The zero-order valence-electron chi connectivity index (χ0n) is 15.5. The van der Waals surface area contributed by atoms with Gasteiger partial charge in [-0.2, -0.15) is 0 Å². The number of hydrogen-bond acceptors (Lipinski definition) is 4. The van der Waals surface area contributed by atoms with Crippen molar-refractivity contribution in [3.8, 4) is 0 Å². The van der Waals surface area contributed by atoms with Crippen LogP contribution in [-0.2, 0) is 9.53 Å². The summed E-state index contributed by atoms with van der Waals surface area (Å²) in [4.78, 5) is 22.8. The Morgan fingerprint density at radius 2 is 1.92 bits per heavy atom. The minimum Gasteiger partial charge on any atom is -0.450 e. The van der Waals surface area contributed by atoms with Crippen molar-refractivity contribution in [2.75, 3.05) is 0 Å². The maximum atomic E-state index is 12.1. The van der Waals surface area contributed by atoms with E-state index in [9.17, 15) is 14.9 Å². The summed E-state index contributed by atoms with van der Waals surface area (Å²) in [6.45, 7) is 6.27. The van der Waals surface area contributed by atoms with E-state index < -0.39 is 11.0 Å². The van der Waals surface area contributed by atoms with Crippen molar-refractivity contribution in [2.24, 2.45) is 0 Å². The van der Waals surface area contributed by atoms with E-state index in [1.165, 1.54) is 17.2 Å². The Morgan fingerprint density at radius 1 is 1.19 bits per heavy atom. The van der Waals surface area contributed by atoms with Gasteiger partial charge in [-0.25, -0.2) is 4.79 Å². The van der Waals surface area contributed by atoms with Gasteiger partial charge in [0.1, 0.15) is 0 Å². The molecule has 0 N–H and O–H groups in total. The first-order valence-corrected chi connectivity index (χ1v) is 8.82. The summed E-state index contributed by atoms with van der Waals surface area (Å²) in [6.07, 6.45) is 8.75. The van der Waals surface area contributed by atoms with E-state index in [2.05, 4.69) is 32.9 Å². The second-order valence-electron chi connectivity index (χ2n) is 6.74. The van der Waals surface area contributed by atoms with Crippen LogP contribution in [0.25, 0.3) is 0 Å². The second kappa shape index (κ2) is 9.13. The number of carbonyl (C=O) groups is 1. The van der Waals surface area contributed by atoms with Gasteiger partial charge in [0.05, 0.1) is 10.5 Å². The molecule has 1 aliphatic heterocycles. The van der Waals surface area contributed by atoms with Gasteiger partial charge in [-0.3, -0.25) is 10.1 Å². The number of esters is 1. The molecule has 0 fully saturated rings. The Kier molecular flexibility index (Phi) is 6.89. The van der Waals surface area contributed by atoms with Crippen molar-refractivity contribution in [1.82, 2.24) is 0 Å². The fourth-order valence-electron chi connectivity index (χ4n) is 2.87. The molecule has 0 aliphatic carbocycles. The third kappa shape index (κ3) is 5.41. The lowest BCUT2D eigenvalue weighted by Gasteiger charge is -2.08. The van der Waals surface area contributed by atoms with E-state index in [0.717, 1.165) is 19.3 Å². The first kappa shape index (κ1) is 19.6. The van der Waals surface area contributed by atoms with Gasteiger partial charge in [-0.1, -0.05) is 35.4 Å². The Labute approximate surface area is 154 Å². The highest BCUT2D eigenvalue weighted by Gasteiger charge is 2.30. The Balaban J connectivity index is 1.99. The summed E-state index contributed by atoms with van der Waals surface area (Å²) >= 11 is 0. The third-order valence-electron chi connectivity index (χ3n) is 4.29. The molecule has 0 amide bonds. The number of para-hydroxylation sites is 1. The van der Waals surface area contributed by atoms with Crippen LogP contribution in [0.5, 0.6) is 0 Å². The smallest absolute Gasteiger partial charge is 0.334 e. The fraction of sp³-hybridized carbons (Fsp3) is 0.381. The number of hydrogen-bond donors (Lipinski definition) is 0. The van der Waals surface area contributed by atoms with Crippen LogP contribution in [0, 0.1) is 10.1 Å². The van der Waals surface area contributed by atoms with Gasteiger partial charge < -0.3 is 4.74 Å². The molecule has 138 valence electrons. The molecule has 0 saturated carbocycles. The number of ether oxygens (including phenoxy) is 1. The summed E-state index contributed by atoms with van der Waals surface area (Å²) in [7, 11) is 0. The van der Waals surface area contributed by atoms with Gasteiger partial charge in [0.25, 0.3) is 5.69 Å². The summed E-state index contributed by atoms with van der Waals surface area (Å²) in [5, 5.41) is 11.1. The molecule has 1 heterocycles. The minimum absolute atomic E-state index is 0.0298. The molecule has 5 nitrogen and oxygen atoms in total. The summed E-state index contributed by atoms with van der Waals surface area (Å²) in [6, 6.07) is 6.36. The maximum Gasteiger partial charge on any atom is 0.334 e. The fourth-order valence-corrected chi connectivity index (χ4v) is 2.87. The molecule has 0 saturated heterocycles. The molecule has 1 unspecified atom stereocenters. The zero-order valence-corrected chi connectivity index (χ0v) is 15.5. The number of nitro groups is 1. The predicted molar refractivity (Wildman–Crippen MR) is 102 cm³/mol. The van der Waals surface area contributed by atoms with Crippen LogP contribution in [0.2, 0.25) is 0 Å². The number of benzene rings is 1. The lowest BCUT2D eigenvalue weighted by molar-refractivity contribution is -0.386. The van der Waals surface area contributed by atoms with Gasteiger partial charge in [-0.05, 0) is 58.6 Å². The highest BCUT2D eigenvalue weighted by Crippen LogP contribution is 2.34. The van der Waals surface area contributed by atoms with Crippen molar-refractivity contribution in [3.05, 3.63) is 74.9 Å². The Morgan fingerprint density at radius 3 is 2.62 bits per heavy atom. The van der Waals surface area contributed by atoms with Crippen LogP contribution in [0.1, 0.15) is 58.1 Å². The summed E-state index contributed by atoms with van der Waals surface area (Å²) in [5.41, 5.74) is 3.58. The first-order valence-electron chi connectivity index (χ1n) is 8.82. The van der Waals surface area contributed by atoms with Crippen LogP contribution < -0.4 is 0 Å². The van der Waals surface area contributed by atoms with Gasteiger partial charge >= 0.3 is 5.97 Å². The zero-order chi connectivity index (χ0) is 19.1. The quantitative estimate of drug-likeness (QED) is 0.264. The normalized spacial score (nSPS) is 16.9. The molecule has 0 spiro atoms. The van der Waals surface area contributed by atoms with Gasteiger partial charge in [0, 0.05) is 11.6 Å². The molecule has 1 aliphatic rings. The molecule has 0 radical (unpaired) electrons. The van der Waals surface area contributed by atoms with E-state index in [1.54, 1.807) is 24.3 Å². The van der Waals surface area contributed by atoms with Gasteiger partial charge in [-0.15, -0.1) is 0 Å². The number of nitro benzene ring substituents is 1. The molecule has 5 heteroatoms. The number of allylic oxidation sites excluding steroid dienone is 4. The summed E-state index contributed by atoms with van der Waals surface area (Å²) < 4.78 is 5.34. The average Bonchev–Trinajstić information content (AvgIpc) is 2.95. The standard InChI is InChI=1S/C21H25NO4/c1-15(2)8-6-9-16(3)10-7-11-17-14-20(26-21(17)23)18-12-4-5-13-19(18)22(24)25/h4-5,8,10,12-14,20H,6-7,9,11H2,1-3H3/b16-10+. The van der Waals surface area contributed by atoms with Gasteiger partial charge in [0.15, 0.2) is 6.10 Å². The van der Waals surface area contributed by atoms with Crippen LogP contribution in [0.4, 0.5) is 5.69 Å². The highest BCUT2D eigenvalue weighted by molar-refractivity contribution is 5.91. The van der Waals surface area contributed by atoms with Crippen molar-refractivity contribution < 1.29 is 14.5 Å². The van der Waals surface area contributed by atoms with Crippen LogP contribution in [-0.4, -0.2) is 10.9 Å². The highest BCUT2D eigenvalue weighted by atomic mass is 16.6. The Hall–Kier alpha value is -2.69. The monoisotopic (exact) mass is 355 g/mol. The van der Waals surface area contributed by atoms with Crippen LogP contribution in [0.3, 0.4) is 0 Å². The number of rotatable bonds is 8. The summed E-state index contributed by atoms with van der Waals surface area (Å²) in [5.74, 6) is -0.385. The van der Waals surface area contributed by atoms with Crippen molar-refractivity contribution in [3.63, 3.8) is 0 Å². The molecule has 1 aromatic rings. The third-order valence-corrected chi connectivity index (χ3v) is 4.29. The lowest BCUT2D eigenvalue weighted by atomic mass is 10.0. The van der Waals surface area contributed by atoms with Crippen molar-refractivity contribution >= 4 is 11.7 Å². The molecular weight excluding hydrogens is 330 g/mol. The van der Waals surface area contributed by atoms with E-state index in [0.29, 0.717) is 17.6 Å². The molecule has 26 heavy (non-hydrogen) atoms. The van der Waals surface area contributed by atoms with Crippen molar-refractivity contribution in [1.29, 1.82) is 0 Å². The predicted octanol–water partition coefficient (Wildman–Crippen LogP) is 5.59. The molecular formula is C21H25NO4. The Bertz CT molecular complexity index is 770. The number of carbonyl (C=O) groups excluding carboxylic acids is 1. The van der Waals surface area contributed by atoms with Crippen LogP contribution in [0.15, 0.2) is 59.2 Å². The SMILES string of the molecule is CC(C)=CCC/C(C)=C/CCC1=CC(c2ccccc2[N+](=O)[O-])OC1=O. The second-order valence-corrected chi connectivity index (χ2v) is 6.74. The molecule has 1 aromatic carbocycles. The number of cyclic esters (lactones) is 1. The largest absolute Gasteiger partial charge is 0.450 e. The van der Waals surface area contributed by atoms with Crippen LogP contribution >= 0.6 is 0 Å². The molecule has 0 bridgehead atoms. The lowest BCUT2D eigenvalue weighted by Crippen LogP contribution is -2.04. The topological polar surface area (TPSA) is 69.4 Å². The first-order chi connectivity index (χ1) is 12.4. The van der Waals surface area contributed by atoms with Crippen molar-refractivity contribution in [2.45, 2.75) is 52.6 Å². The van der Waals surface area contributed by atoms with E-state index in [1.807, 2.05) is 0 Å². The maximum absolute atomic E-state index is 12.1. The molecule has 2 rings (SSSR count). The molecule has 0 aromatic heterocycles. The average molecular weight is 355 g/mol. The van der Waals surface area contributed by atoms with E-state index in [4.69, 9.17) is 4.74 Å². The minimum atomic E-state index is -0.679. The van der Waals surface area contributed by atoms with Gasteiger partial charge in [0.2, 0.25) is 0 Å². The van der Waals surface area contributed by atoms with E-state index >= 15 is 0 Å². The van der Waals surface area contributed by atoms with E-state index in [-0.39, 0.29) is 11.7 Å². The number of nitrogens with zero attached hydrogens (tertiary/aromatic N) is 1.